The Morgan fingerprint density at radius 3 is 2.47 bits per heavy atom. The van der Waals surface area contributed by atoms with Crippen molar-refractivity contribution in [2.75, 3.05) is 19.0 Å². The molecular formula is C30H36N6O2. The van der Waals surface area contributed by atoms with Crippen molar-refractivity contribution < 1.29 is 9.53 Å². The average Bonchev–Trinajstić information content (AvgIpc) is 3.59. The number of ether oxygens (including phenoxy) is 1. The molecule has 4 atom stereocenters. The van der Waals surface area contributed by atoms with Gasteiger partial charge in [0.25, 0.3) is 0 Å². The zero-order valence-electron chi connectivity index (χ0n) is 22.5. The van der Waals surface area contributed by atoms with Gasteiger partial charge in [-0.1, -0.05) is 55.5 Å². The van der Waals surface area contributed by atoms with E-state index in [9.17, 15) is 4.79 Å². The van der Waals surface area contributed by atoms with Crippen LogP contribution in [0.4, 0.5) is 10.6 Å². The number of carbonyl (C=O) groups excluding carboxylic acids is 1. The highest BCUT2D eigenvalue weighted by molar-refractivity contribution is 5.91. The Morgan fingerprint density at radius 2 is 1.82 bits per heavy atom. The normalized spacial score (nSPS) is 20.9. The van der Waals surface area contributed by atoms with Gasteiger partial charge in [0.1, 0.15) is 11.5 Å². The molecule has 1 aliphatic rings. The van der Waals surface area contributed by atoms with Gasteiger partial charge in [-0.2, -0.15) is 10.2 Å². The first kappa shape index (κ1) is 25.7. The van der Waals surface area contributed by atoms with Crippen LogP contribution in [0.15, 0.2) is 73.1 Å². The highest BCUT2D eigenvalue weighted by atomic mass is 16.5. The lowest BCUT2D eigenvalue weighted by Gasteiger charge is -2.25. The maximum Gasteiger partial charge on any atom is 0.320 e. The minimum Gasteiger partial charge on any atom is -0.385 e. The van der Waals surface area contributed by atoms with E-state index in [4.69, 9.17) is 9.84 Å². The molecule has 2 N–H and O–H groups in total. The van der Waals surface area contributed by atoms with Gasteiger partial charge in [-0.3, -0.25) is 10.00 Å². The summed E-state index contributed by atoms with van der Waals surface area (Å²) in [4.78, 5) is 13.6. The molecule has 0 saturated heterocycles. The molecule has 0 unspecified atom stereocenters. The number of carbonyl (C=O) groups is 1. The molecular weight excluding hydrogens is 476 g/mol. The number of nitrogens with zero attached hydrogens (tertiary/aromatic N) is 4. The zero-order chi connectivity index (χ0) is 26.6. The number of rotatable bonds is 8. The fraction of sp³-hybridized carbons (Fsp3) is 0.367. The smallest absolute Gasteiger partial charge is 0.320 e. The third kappa shape index (κ3) is 5.22. The number of hydrogen-bond donors (Lipinski definition) is 2. The molecule has 1 aliphatic carbocycles. The number of methoxy groups -OCH3 is 1. The van der Waals surface area contributed by atoms with E-state index in [2.05, 4.69) is 46.9 Å². The highest BCUT2D eigenvalue weighted by Gasteiger charge is 2.42. The van der Waals surface area contributed by atoms with Crippen LogP contribution in [0.3, 0.4) is 0 Å². The lowest BCUT2D eigenvalue weighted by molar-refractivity contribution is 0.168. The van der Waals surface area contributed by atoms with Crippen LogP contribution in [0.2, 0.25) is 0 Å². The number of para-hydroxylation sites is 1. The Kier molecular flexibility index (Phi) is 7.60. The topological polar surface area (TPSA) is 86.0 Å². The Morgan fingerprint density at radius 1 is 1.11 bits per heavy atom. The number of hydrogen-bond acceptors (Lipinski definition) is 4. The minimum absolute atomic E-state index is 0.0143. The van der Waals surface area contributed by atoms with Gasteiger partial charge < -0.3 is 10.1 Å². The van der Waals surface area contributed by atoms with Crippen LogP contribution in [0.1, 0.15) is 36.8 Å². The lowest BCUT2D eigenvalue weighted by atomic mass is 9.84. The molecule has 1 fully saturated rings. The number of aromatic nitrogens is 4. The predicted molar refractivity (Wildman–Crippen MR) is 149 cm³/mol. The molecule has 2 heterocycles. The molecule has 2 aromatic heterocycles. The predicted octanol–water partition coefficient (Wildman–Crippen LogP) is 5.55. The number of nitrogens with one attached hydrogen (secondary N) is 2. The van der Waals surface area contributed by atoms with Crippen LogP contribution in [0.5, 0.6) is 0 Å². The number of amides is 2. The maximum absolute atomic E-state index is 13.6. The van der Waals surface area contributed by atoms with Gasteiger partial charge in [-0.15, -0.1) is 0 Å². The van der Waals surface area contributed by atoms with Crippen LogP contribution in [0, 0.1) is 18.8 Å². The first-order valence-electron chi connectivity index (χ1n) is 13.2. The Hall–Kier alpha value is -3.91. The summed E-state index contributed by atoms with van der Waals surface area (Å²) in [6.07, 6.45) is 5.61. The summed E-state index contributed by atoms with van der Waals surface area (Å²) in [5.41, 5.74) is 4.70. The van der Waals surface area contributed by atoms with Crippen molar-refractivity contribution in [3.05, 3.63) is 84.2 Å². The number of benzene rings is 2. The van der Waals surface area contributed by atoms with Gasteiger partial charge in [0.2, 0.25) is 0 Å². The van der Waals surface area contributed by atoms with Crippen molar-refractivity contribution in [1.82, 2.24) is 24.9 Å². The first-order valence-corrected chi connectivity index (χ1v) is 13.2. The van der Waals surface area contributed by atoms with E-state index in [0.29, 0.717) is 17.7 Å². The molecule has 8 nitrogen and oxygen atoms in total. The summed E-state index contributed by atoms with van der Waals surface area (Å²) in [5.74, 6) is 1.77. The van der Waals surface area contributed by atoms with Crippen LogP contribution >= 0.6 is 0 Å². The Bertz CT molecular complexity index is 1360. The van der Waals surface area contributed by atoms with E-state index >= 15 is 0 Å². The third-order valence-electron chi connectivity index (χ3n) is 7.83. The number of urea groups is 1. The van der Waals surface area contributed by atoms with Crippen molar-refractivity contribution in [3.8, 4) is 16.9 Å². The molecule has 0 radical (unpaired) electrons. The quantitative estimate of drug-likeness (QED) is 0.324. The van der Waals surface area contributed by atoms with Crippen molar-refractivity contribution in [1.29, 1.82) is 0 Å². The molecule has 198 valence electrons. The number of anilines is 1. The molecule has 0 aliphatic heterocycles. The van der Waals surface area contributed by atoms with Gasteiger partial charge in [-0.25, -0.2) is 9.48 Å². The van der Waals surface area contributed by atoms with E-state index in [1.165, 1.54) is 5.56 Å². The molecule has 1 saturated carbocycles. The molecule has 8 heteroatoms. The maximum atomic E-state index is 13.6. The molecule has 5 rings (SSSR count). The van der Waals surface area contributed by atoms with Gasteiger partial charge in [0, 0.05) is 50.0 Å². The van der Waals surface area contributed by atoms with Crippen LogP contribution in [-0.2, 0) is 11.8 Å². The largest absolute Gasteiger partial charge is 0.385 e. The molecule has 0 spiro atoms. The zero-order valence-corrected chi connectivity index (χ0v) is 22.5. The minimum atomic E-state index is -0.228. The van der Waals surface area contributed by atoms with E-state index < -0.39 is 0 Å². The molecule has 2 amide bonds. The summed E-state index contributed by atoms with van der Waals surface area (Å²) < 4.78 is 8.93. The van der Waals surface area contributed by atoms with E-state index in [0.717, 1.165) is 42.0 Å². The van der Waals surface area contributed by atoms with Crippen molar-refractivity contribution in [3.63, 3.8) is 0 Å². The van der Waals surface area contributed by atoms with Gasteiger partial charge in [0.15, 0.2) is 0 Å². The van der Waals surface area contributed by atoms with Crippen LogP contribution in [-0.4, -0.2) is 45.4 Å². The van der Waals surface area contributed by atoms with Gasteiger partial charge >= 0.3 is 6.03 Å². The third-order valence-corrected chi connectivity index (χ3v) is 7.83. The monoisotopic (exact) mass is 512 g/mol. The summed E-state index contributed by atoms with van der Waals surface area (Å²) in [6, 6.07) is 20.2. The lowest BCUT2D eigenvalue weighted by Crippen LogP contribution is -2.40. The highest BCUT2D eigenvalue weighted by Crippen LogP contribution is 2.45. The molecule has 2 aromatic carbocycles. The summed E-state index contributed by atoms with van der Waals surface area (Å²) in [6.45, 7) is 5.00. The standard InChI is InChI=1S/C30H36N6O2/c1-20-23(15-16-38-4)17-26(27(20)22-11-7-5-8-12-22)32-30(37)33-29-21(2)28(24-18-31-35(3)19-24)34-36(29)25-13-9-6-10-14-25/h5-14,18-20,23,26-27H,15-17H2,1-4H3,(H2,32,33,37)/t20-,23+,26+,27-/m0/s1. The summed E-state index contributed by atoms with van der Waals surface area (Å²) in [5, 5.41) is 15.7. The molecule has 4 aromatic rings. The van der Waals surface area contributed by atoms with E-state index in [-0.39, 0.29) is 18.0 Å². The fourth-order valence-corrected chi connectivity index (χ4v) is 5.89. The molecule has 38 heavy (non-hydrogen) atoms. The summed E-state index contributed by atoms with van der Waals surface area (Å²) >= 11 is 0. The Balaban J connectivity index is 1.43. The van der Waals surface area contributed by atoms with E-state index in [1.54, 1.807) is 22.7 Å². The first-order chi connectivity index (χ1) is 18.5. The van der Waals surface area contributed by atoms with Crippen LogP contribution in [0.25, 0.3) is 16.9 Å². The van der Waals surface area contributed by atoms with E-state index in [1.807, 2.05) is 56.6 Å². The second-order valence-corrected chi connectivity index (χ2v) is 10.3. The summed E-state index contributed by atoms with van der Waals surface area (Å²) in [7, 11) is 3.63. The van der Waals surface area contributed by atoms with Gasteiger partial charge in [-0.05, 0) is 49.3 Å². The van der Waals surface area contributed by atoms with Crippen molar-refractivity contribution >= 4 is 11.8 Å². The van der Waals surface area contributed by atoms with Crippen LogP contribution < -0.4 is 10.6 Å². The van der Waals surface area contributed by atoms with Crippen molar-refractivity contribution in [2.45, 2.75) is 38.6 Å². The average molecular weight is 513 g/mol. The second-order valence-electron chi connectivity index (χ2n) is 10.3. The fourth-order valence-electron chi connectivity index (χ4n) is 5.89. The van der Waals surface area contributed by atoms with Gasteiger partial charge in [0.05, 0.1) is 11.9 Å². The SMILES string of the molecule is COCC[C@@H]1C[C@@H](NC(=O)Nc2c(C)c(-c3cnn(C)c3)nn2-c2ccccc2)[C@H](c2ccccc2)[C@H]1C. The Labute approximate surface area is 224 Å². The second kappa shape index (κ2) is 11.2. The van der Waals surface area contributed by atoms with Crippen molar-refractivity contribution in [2.24, 2.45) is 18.9 Å². The number of aryl methyl sites for hydroxylation is 1. The molecule has 0 bridgehead atoms.